The lowest BCUT2D eigenvalue weighted by Crippen LogP contribution is -2.12. The van der Waals surface area contributed by atoms with Gasteiger partial charge in [-0.05, 0) is 60.6 Å². The number of hydrogen-bond acceptors (Lipinski definition) is 2. The first kappa shape index (κ1) is 19.8. The van der Waals surface area contributed by atoms with Crippen molar-refractivity contribution in [3.63, 3.8) is 0 Å². The van der Waals surface area contributed by atoms with E-state index >= 15 is 0 Å². The molecule has 0 aromatic heterocycles. The van der Waals surface area contributed by atoms with Gasteiger partial charge in [-0.25, -0.2) is 0 Å². The molecule has 1 N–H and O–H groups in total. The van der Waals surface area contributed by atoms with Gasteiger partial charge in [0.15, 0.2) is 0 Å². The minimum atomic E-state index is 0.162. The molecule has 1 atom stereocenters. The Balaban J connectivity index is 2.05. The van der Waals surface area contributed by atoms with Crippen molar-refractivity contribution in [2.75, 3.05) is 6.61 Å². The molecule has 1 heterocycles. The molecule has 1 aliphatic rings. The van der Waals surface area contributed by atoms with E-state index in [-0.39, 0.29) is 11.9 Å². The molecule has 0 aliphatic carbocycles. The third-order valence-electron chi connectivity index (χ3n) is 4.55. The van der Waals surface area contributed by atoms with Crippen molar-refractivity contribution >= 4 is 17.7 Å². The molecular weight excluding hydrogens is 332 g/mol. The molecule has 2 nitrogen and oxygen atoms in total. The number of phenols is 1. The second kappa shape index (κ2) is 9.84. The van der Waals surface area contributed by atoms with E-state index in [0.29, 0.717) is 11.6 Å². The van der Waals surface area contributed by atoms with Gasteiger partial charge in [0.05, 0.1) is 17.7 Å². The number of halogens is 1. The molecule has 0 radical (unpaired) electrons. The van der Waals surface area contributed by atoms with Crippen LogP contribution in [0.3, 0.4) is 0 Å². The van der Waals surface area contributed by atoms with Crippen molar-refractivity contribution in [3.8, 4) is 5.75 Å². The maximum Gasteiger partial charge on any atom is 0.117 e. The summed E-state index contributed by atoms with van der Waals surface area (Å²) in [5.41, 5.74) is 4.83. The van der Waals surface area contributed by atoms with Gasteiger partial charge in [-0.3, -0.25) is 0 Å². The molecule has 1 aliphatic heterocycles. The number of rotatable bonds is 9. The fourth-order valence-corrected chi connectivity index (χ4v) is 3.52. The van der Waals surface area contributed by atoms with Crippen molar-refractivity contribution in [2.45, 2.75) is 58.5 Å². The fourth-order valence-electron chi connectivity index (χ4n) is 3.29. The Morgan fingerprint density at radius 3 is 2.72 bits per heavy atom. The van der Waals surface area contributed by atoms with E-state index in [9.17, 15) is 5.11 Å². The molecule has 0 spiro atoms. The van der Waals surface area contributed by atoms with Crippen molar-refractivity contribution in [2.24, 2.45) is 0 Å². The molecular formula is C22H29ClO2. The Labute approximate surface area is 156 Å². The summed E-state index contributed by atoms with van der Waals surface area (Å²) in [4.78, 5) is 0. The highest BCUT2D eigenvalue weighted by atomic mass is 35.5. The average molecular weight is 361 g/mol. The fraction of sp³-hybridized carbons (Fsp3) is 0.455. The molecule has 1 aromatic carbocycles. The summed E-state index contributed by atoms with van der Waals surface area (Å²) in [6.07, 6.45) is 10.7. The first-order valence-corrected chi connectivity index (χ1v) is 9.60. The summed E-state index contributed by atoms with van der Waals surface area (Å²) in [7, 11) is 0. The van der Waals surface area contributed by atoms with Gasteiger partial charge in [0.25, 0.3) is 0 Å². The van der Waals surface area contributed by atoms with Crippen LogP contribution < -0.4 is 0 Å². The van der Waals surface area contributed by atoms with E-state index in [2.05, 4.69) is 32.6 Å². The van der Waals surface area contributed by atoms with E-state index < -0.39 is 0 Å². The maximum atomic E-state index is 9.51. The first-order chi connectivity index (χ1) is 12.0. The number of hydrogen-bond donors (Lipinski definition) is 1. The van der Waals surface area contributed by atoms with Gasteiger partial charge in [-0.15, -0.1) is 0 Å². The van der Waals surface area contributed by atoms with Gasteiger partial charge in [-0.1, -0.05) is 62.6 Å². The number of allylic oxidation sites excluding steroid dienone is 1. The zero-order valence-electron chi connectivity index (χ0n) is 15.4. The van der Waals surface area contributed by atoms with Crippen LogP contribution in [-0.2, 0) is 4.74 Å². The van der Waals surface area contributed by atoms with E-state index in [1.54, 1.807) is 12.1 Å². The monoisotopic (exact) mass is 360 g/mol. The van der Waals surface area contributed by atoms with Gasteiger partial charge in [-0.2, -0.15) is 0 Å². The maximum absolute atomic E-state index is 9.51. The zero-order valence-corrected chi connectivity index (χ0v) is 16.1. The Morgan fingerprint density at radius 1 is 1.28 bits per heavy atom. The lowest BCUT2D eigenvalue weighted by Gasteiger charge is -2.17. The topological polar surface area (TPSA) is 29.5 Å². The molecule has 136 valence electrons. The molecule has 3 heteroatoms. The third-order valence-corrected chi connectivity index (χ3v) is 4.88. The second-order valence-corrected chi connectivity index (χ2v) is 7.04. The van der Waals surface area contributed by atoms with Crippen LogP contribution in [-0.4, -0.2) is 17.8 Å². The van der Waals surface area contributed by atoms with Gasteiger partial charge >= 0.3 is 0 Å². The summed E-state index contributed by atoms with van der Waals surface area (Å²) < 4.78 is 5.91. The Kier molecular flexibility index (Phi) is 7.80. The highest BCUT2D eigenvalue weighted by Gasteiger charge is 2.21. The van der Waals surface area contributed by atoms with Gasteiger partial charge in [0.1, 0.15) is 5.75 Å². The van der Waals surface area contributed by atoms with Crippen LogP contribution in [0.4, 0.5) is 0 Å². The molecule has 1 aromatic rings. The minimum absolute atomic E-state index is 0.162. The Morgan fingerprint density at radius 2 is 2.04 bits per heavy atom. The summed E-state index contributed by atoms with van der Waals surface area (Å²) in [6, 6.07) is 5.14. The van der Waals surface area contributed by atoms with Crippen LogP contribution in [0.15, 0.2) is 47.6 Å². The molecule has 0 bridgehead atoms. The molecule has 1 unspecified atom stereocenters. The first-order valence-electron chi connectivity index (χ1n) is 9.22. The number of phenolic OH excluding ortho intramolecular Hbond substituents is 1. The smallest absolute Gasteiger partial charge is 0.117 e. The average Bonchev–Trinajstić information content (AvgIpc) is 3.04. The number of ether oxygens (including phenoxy) is 1. The summed E-state index contributed by atoms with van der Waals surface area (Å²) in [5.74, 6) is 0.197. The van der Waals surface area contributed by atoms with E-state index in [4.69, 9.17) is 16.3 Å². The van der Waals surface area contributed by atoms with Crippen LogP contribution in [0.2, 0.25) is 5.02 Å². The van der Waals surface area contributed by atoms with Gasteiger partial charge < -0.3 is 9.84 Å². The van der Waals surface area contributed by atoms with Crippen LogP contribution in [0.25, 0.3) is 6.08 Å². The van der Waals surface area contributed by atoms with E-state index in [0.717, 1.165) is 44.1 Å². The zero-order chi connectivity index (χ0) is 18.2. The molecule has 0 saturated heterocycles. The number of aromatic hydroxyl groups is 1. The SMILES string of the molecule is C=C(CCC)C1=CCOC1CC/C(=C/c1ccc(O)cc1Cl)CCC. The Bertz CT molecular complexity index is 658. The summed E-state index contributed by atoms with van der Waals surface area (Å²) in [6.45, 7) is 9.29. The minimum Gasteiger partial charge on any atom is -0.508 e. The Hall–Kier alpha value is -1.51. The van der Waals surface area contributed by atoms with E-state index in [1.165, 1.54) is 16.7 Å². The highest BCUT2D eigenvalue weighted by Crippen LogP contribution is 2.30. The van der Waals surface area contributed by atoms with Crippen LogP contribution in [0.5, 0.6) is 5.75 Å². The second-order valence-electron chi connectivity index (χ2n) is 6.63. The molecule has 0 fully saturated rings. The largest absolute Gasteiger partial charge is 0.508 e. The third kappa shape index (κ3) is 5.76. The lowest BCUT2D eigenvalue weighted by atomic mass is 9.93. The van der Waals surface area contributed by atoms with Crippen LogP contribution >= 0.6 is 11.6 Å². The number of benzene rings is 1. The predicted octanol–water partition coefficient (Wildman–Crippen LogP) is 6.69. The standard InChI is InChI=1S/C22H29ClO2/c1-4-6-16(3)20-12-13-25-22(20)11-8-17(7-5-2)14-18-9-10-19(24)15-21(18)23/h9-10,12,14-15,22,24H,3-8,11,13H2,1-2H3/b17-14+. The van der Waals surface area contributed by atoms with Crippen molar-refractivity contribution < 1.29 is 9.84 Å². The highest BCUT2D eigenvalue weighted by molar-refractivity contribution is 6.32. The molecule has 2 rings (SSSR count). The van der Waals surface area contributed by atoms with Gasteiger partial charge in [0, 0.05) is 0 Å². The quantitative estimate of drug-likeness (QED) is 0.531. The van der Waals surface area contributed by atoms with Crippen molar-refractivity contribution in [3.05, 3.63) is 58.2 Å². The molecule has 0 amide bonds. The summed E-state index contributed by atoms with van der Waals surface area (Å²) >= 11 is 6.25. The predicted molar refractivity (Wildman–Crippen MR) is 107 cm³/mol. The van der Waals surface area contributed by atoms with Crippen LogP contribution in [0, 0.1) is 0 Å². The molecule has 0 saturated carbocycles. The summed E-state index contributed by atoms with van der Waals surface area (Å²) in [5, 5.41) is 10.1. The lowest BCUT2D eigenvalue weighted by molar-refractivity contribution is 0.116. The van der Waals surface area contributed by atoms with Gasteiger partial charge in [0.2, 0.25) is 0 Å². The van der Waals surface area contributed by atoms with E-state index in [1.807, 2.05) is 6.07 Å². The normalized spacial score (nSPS) is 17.6. The molecule has 25 heavy (non-hydrogen) atoms. The van der Waals surface area contributed by atoms with Crippen molar-refractivity contribution in [1.29, 1.82) is 0 Å². The van der Waals surface area contributed by atoms with Crippen LogP contribution in [0.1, 0.15) is 57.9 Å². The van der Waals surface area contributed by atoms with Crippen molar-refractivity contribution in [1.82, 2.24) is 0 Å².